The Balaban J connectivity index is 1.43. The van der Waals surface area contributed by atoms with E-state index < -0.39 is 11.8 Å². The molecule has 1 saturated heterocycles. The second kappa shape index (κ2) is 10.3. The molecule has 160 valence electrons. The summed E-state index contributed by atoms with van der Waals surface area (Å²) in [6, 6.07) is 13.1. The average Bonchev–Trinajstić information content (AvgIpc) is 2.75. The maximum Gasteiger partial charge on any atom is 0.313 e. The number of hydrogen-bond donors (Lipinski definition) is 2. The molecule has 3 rings (SSSR count). The Morgan fingerprint density at radius 3 is 2.37 bits per heavy atom. The lowest BCUT2D eigenvalue weighted by atomic mass is 10.1. The lowest BCUT2D eigenvalue weighted by Gasteiger charge is -2.34. The number of nitrogens with zero attached hydrogens (tertiary/aromatic N) is 2. The van der Waals surface area contributed by atoms with E-state index in [-0.39, 0.29) is 0 Å². The van der Waals surface area contributed by atoms with Crippen molar-refractivity contribution in [2.24, 2.45) is 0 Å². The smallest absolute Gasteiger partial charge is 0.313 e. The highest BCUT2D eigenvalue weighted by atomic mass is 35.5. The molecule has 1 aliphatic heterocycles. The van der Waals surface area contributed by atoms with Gasteiger partial charge >= 0.3 is 11.8 Å². The number of rotatable bonds is 6. The first-order chi connectivity index (χ1) is 14.5. The van der Waals surface area contributed by atoms with Crippen molar-refractivity contribution >= 4 is 34.8 Å². The van der Waals surface area contributed by atoms with E-state index in [9.17, 15) is 9.59 Å². The van der Waals surface area contributed by atoms with Crippen molar-refractivity contribution in [3.05, 3.63) is 53.1 Å². The van der Waals surface area contributed by atoms with Gasteiger partial charge in [-0.2, -0.15) is 0 Å². The van der Waals surface area contributed by atoms with Gasteiger partial charge < -0.3 is 25.2 Å². The first kappa shape index (κ1) is 21.9. The van der Waals surface area contributed by atoms with Crippen molar-refractivity contribution in [1.82, 2.24) is 10.2 Å². The summed E-state index contributed by atoms with van der Waals surface area (Å²) in [6.45, 7) is 4.57. The summed E-state index contributed by atoms with van der Waals surface area (Å²) in [6.07, 6.45) is 0.649. The maximum atomic E-state index is 12.1. The van der Waals surface area contributed by atoms with E-state index in [4.69, 9.17) is 16.3 Å². The number of halogens is 1. The highest BCUT2D eigenvalue weighted by Crippen LogP contribution is 2.27. The number of nitrogens with one attached hydrogen (secondary N) is 2. The Labute approximate surface area is 181 Å². The fraction of sp³-hybridized carbons (Fsp3) is 0.364. The molecule has 1 heterocycles. The molecule has 0 atom stereocenters. The third kappa shape index (κ3) is 5.87. The van der Waals surface area contributed by atoms with Gasteiger partial charge in [-0.3, -0.25) is 9.59 Å². The molecule has 2 aromatic rings. The molecule has 8 heteroatoms. The number of hydrogen-bond acceptors (Lipinski definition) is 5. The first-order valence-corrected chi connectivity index (χ1v) is 10.3. The molecular weight excluding hydrogens is 404 g/mol. The first-order valence-electron chi connectivity index (χ1n) is 9.91. The molecule has 1 aliphatic rings. The molecule has 0 aliphatic carbocycles. The number of piperazine rings is 1. The minimum atomic E-state index is -0.735. The molecule has 0 saturated carbocycles. The topological polar surface area (TPSA) is 73.9 Å². The summed E-state index contributed by atoms with van der Waals surface area (Å²) in [4.78, 5) is 28.8. The normalized spacial score (nSPS) is 14.3. The van der Waals surface area contributed by atoms with Crippen LogP contribution in [-0.4, -0.2) is 63.6 Å². The molecule has 2 aromatic carbocycles. The Bertz CT molecular complexity index is 880. The van der Waals surface area contributed by atoms with Crippen molar-refractivity contribution in [3.8, 4) is 5.75 Å². The summed E-state index contributed by atoms with van der Waals surface area (Å²) in [5.74, 6) is -0.921. The fourth-order valence-electron chi connectivity index (χ4n) is 3.27. The zero-order valence-electron chi connectivity index (χ0n) is 17.3. The van der Waals surface area contributed by atoms with Crippen LogP contribution in [0.5, 0.6) is 5.75 Å². The van der Waals surface area contributed by atoms with E-state index in [1.807, 2.05) is 0 Å². The summed E-state index contributed by atoms with van der Waals surface area (Å²) >= 11 is 6.03. The predicted octanol–water partition coefficient (Wildman–Crippen LogP) is 2.40. The number of ether oxygens (including phenoxy) is 1. The zero-order valence-corrected chi connectivity index (χ0v) is 18.0. The molecule has 0 radical (unpaired) electrons. The predicted molar refractivity (Wildman–Crippen MR) is 119 cm³/mol. The van der Waals surface area contributed by atoms with Crippen LogP contribution in [0.15, 0.2) is 42.5 Å². The Kier molecular flexibility index (Phi) is 7.54. The molecule has 0 aromatic heterocycles. The minimum Gasteiger partial charge on any atom is -0.495 e. The molecule has 0 bridgehead atoms. The maximum absolute atomic E-state index is 12.1. The fourth-order valence-corrected chi connectivity index (χ4v) is 3.53. The monoisotopic (exact) mass is 430 g/mol. The number of benzene rings is 2. The van der Waals surface area contributed by atoms with Gasteiger partial charge in [0.25, 0.3) is 0 Å². The van der Waals surface area contributed by atoms with Gasteiger partial charge in [-0.15, -0.1) is 0 Å². The SMILES string of the molecule is COc1ccc(NC(=O)C(=O)NCCc2ccc(N3CCN(C)CC3)cc2)cc1Cl. The van der Waals surface area contributed by atoms with Crippen molar-refractivity contribution in [2.45, 2.75) is 6.42 Å². The molecule has 0 spiro atoms. The van der Waals surface area contributed by atoms with Gasteiger partial charge in [0.15, 0.2) is 0 Å². The van der Waals surface area contributed by atoms with Gasteiger partial charge in [0.05, 0.1) is 12.1 Å². The highest BCUT2D eigenvalue weighted by Gasteiger charge is 2.15. The number of methoxy groups -OCH3 is 1. The summed E-state index contributed by atoms with van der Waals surface area (Å²) in [5, 5.41) is 5.53. The standard InChI is InChI=1S/C22H27ClN4O3/c1-26-11-13-27(14-12-26)18-6-3-16(4-7-18)9-10-24-21(28)22(29)25-17-5-8-20(30-2)19(23)15-17/h3-8,15H,9-14H2,1-2H3,(H,24,28)(H,25,29). The van der Waals surface area contributed by atoms with Crippen molar-refractivity contribution in [3.63, 3.8) is 0 Å². The van der Waals surface area contributed by atoms with Crippen LogP contribution in [0.3, 0.4) is 0 Å². The summed E-state index contributed by atoms with van der Waals surface area (Å²) in [5.41, 5.74) is 2.75. The van der Waals surface area contributed by atoms with Crippen LogP contribution in [0.1, 0.15) is 5.56 Å². The number of anilines is 2. The van der Waals surface area contributed by atoms with Crippen molar-refractivity contribution in [1.29, 1.82) is 0 Å². The van der Waals surface area contributed by atoms with Crippen LogP contribution in [0.25, 0.3) is 0 Å². The van der Waals surface area contributed by atoms with Gasteiger partial charge in [0, 0.05) is 44.1 Å². The number of amides is 2. The molecule has 2 N–H and O–H groups in total. The molecule has 1 fully saturated rings. The van der Waals surface area contributed by atoms with E-state index in [0.29, 0.717) is 29.4 Å². The molecule has 7 nitrogen and oxygen atoms in total. The van der Waals surface area contributed by atoms with E-state index in [1.165, 1.54) is 18.9 Å². The molecule has 2 amide bonds. The summed E-state index contributed by atoms with van der Waals surface area (Å²) < 4.78 is 5.07. The van der Waals surface area contributed by atoms with Crippen LogP contribution in [0, 0.1) is 0 Å². The molecule has 30 heavy (non-hydrogen) atoms. The van der Waals surface area contributed by atoms with Gasteiger partial charge in [-0.1, -0.05) is 23.7 Å². The van der Waals surface area contributed by atoms with Gasteiger partial charge in [0.1, 0.15) is 5.75 Å². The van der Waals surface area contributed by atoms with Crippen molar-refractivity contribution < 1.29 is 14.3 Å². The lowest BCUT2D eigenvalue weighted by molar-refractivity contribution is -0.136. The third-order valence-electron chi connectivity index (χ3n) is 5.12. The van der Waals surface area contributed by atoms with Crippen molar-refractivity contribution in [2.75, 3.05) is 57.1 Å². The van der Waals surface area contributed by atoms with Gasteiger partial charge in [0.2, 0.25) is 0 Å². The molecular formula is C22H27ClN4O3. The van der Waals surface area contributed by atoms with Gasteiger partial charge in [-0.25, -0.2) is 0 Å². The van der Waals surface area contributed by atoms with Crippen LogP contribution < -0.4 is 20.3 Å². The highest BCUT2D eigenvalue weighted by molar-refractivity contribution is 6.40. The van der Waals surface area contributed by atoms with E-state index in [1.54, 1.807) is 12.1 Å². The average molecular weight is 431 g/mol. The van der Waals surface area contributed by atoms with E-state index >= 15 is 0 Å². The summed E-state index contributed by atoms with van der Waals surface area (Å²) in [7, 11) is 3.65. The van der Waals surface area contributed by atoms with Crippen LogP contribution in [-0.2, 0) is 16.0 Å². The third-order valence-corrected chi connectivity index (χ3v) is 5.42. The van der Waals surface area contributed by atoms with E-state index in [2.05, 4.69) is 51.7 Å². The second-order valence-electron chi connectivity index (χ2n) is 7.27. The minimum absolute atomic E-state index is 0.357. The molecule has 0 unspecified atom stereocenters. The van der Waals surface area contributed by atoms with Crippen LogP contribution in [0.4, 0.5) is 11.4 Å². The zero-order chi connectivity index (χ0) is 21.5. The lowest BCUT2D eigenvalue weighted by Crippen LogP contribution is -2.44. The van der Waals surface area contributed by atoms with Crippen LogP contribution >= 0.6 is 11.6 Å². The van der Waals surface area contributed by atoms with Gasteiger partial charge in [-0.05, 0) is 49.4 Å². The largest absolute Gasteiger partial charge is 0.495 e. The Hall–Kier alpha value is -2.77. The number of carbonyl (C=O) groups is 2. The van der Waals surface area contributed by atoms with E-state index in [0.717, 1.165) is 31.7 Å². The van der Waals surface area contributed by atoms with Crippen LogP contribution in [0.2, 0.25) is 5.02 Å². The number of likely N-dealkylation sites (N-methyl/N-ethyl adjacent to an activating group) is 1. The Morgan fingerprint density at radius 1 is 1.03 bits per heavy atom. The quantitative estimate of drug-likeness (QED) is 0.688. The second-order valence-corrected chi connectivity index (χ2v) is 7.67. The number of carbonyl (C=O) groups excluding carboxylic acids is 2. The Morgan fingerprint density at radius 2 is 1.73 bits per heavy atom.